The van der Waals surface area contributed by atoms with Crippen molar-refractivity contribution in [1.82, 2.24) is 4.98 Å². The van der Waals surface area contributed by atoms with E-state index in [0.717, 1.165) is 6.42 Å². The Morgan fingerprint density at radius 3 is 2.79 bits per heavy atom. The van der Waals surface area contributed by atoms with Crippen LogP contribution in [0.15, 0.2) is 48.8 Å². The van der Waals surface area contributed by atoms with Crippen molar-refractivity contribution in [2.45, 2.75) is 26.3 Å². The van der Waals surface area contributed by atoms with Crippen molar-refractivity contribution >= 4 is 27.2 Å². The highest BCUT2D eigenvalue weighted by Crippen LogP contribution is 2.31. The van der Waals surface area contributed by atoms with Crippen molar-refractivity contribution in [3.63, 3.8) is 0 Å². The zero-order valence-electron chi connectivity index (χ0n) is 11.4. The molecule has 1 aromatic heterocycles. The molecule has 0 fully saturated rings. The normalized spacial score (nSPS) is 12.7. The lowest BCUT2D eigenvalue weighted by Gasteiger charge is -2.16. The molecule has 0 saturated carbocycles. The Balaban J connectivity index is 2.29. The van der Waals surface area contributed by atoms with E-state index >= 15 is 0 Å². The highest BCUT2D eigenvalue weighted by Gasteiger charge is 2.07. The third-order valence-corrected chi connectivity index (χ3v) is 3.68. The Hall–Kier alpha value is -2.09. The van der Waals surface area contributed by atoms with Crippen molar-refractivity contribution in [2.75, 3.05) is 5.32 Å². The van der Waals surface area contributed by atoms with Gasteiger partial charge >= 0.3 is 0 Å². The molecule has 96 valence electrons. The summed E-state index contributed by atoms with van der Waals surface area (Å²) >= 11 is 0. The van der Waals surface area contributed by atoms with Crippen LogP contribution < -0.4 is 5.32 Å². The summed E-state index contributed by atoms with van der Waals surface area (Å²) in [7, 11) is 0. The number of rotatable bonds is 3. The summed E-state index contributed by atoms with van der Waals surface area (Å²) in [6.07, 6.45) is 4.93. The lowest BCUT2D eigenvalue weighted by molar-refractivity contribution is 0.765. The quantitative estimate of drug-likeness (QED) is 0.687. The Labute approximate surface area is 113 Å². The van der Waals surface area contributed by atoms with Crippen LogP contribution in [0.5, 0.6) is 0 Å². The summed E-state index contributed by atoms with van der Waals surface area (Å²) in [4.78, 5) is 4.28. The Kier molecular flexibility index (Phi) is 3.08. The molecule has 0 saturated heterocycles. The maximum atomic E-state index is 4.28. The van der Waals surface area contributed by atoms with Crippen LogP contribution in [0, 0.1) is 0 Å². The minimum absolute atomic E-state index is 0.470. The zero-order valence-corrected chi connectivity index (χ0v) is 11.4. The molecular weight excluding hydrogens is 232 g/mol. The topological polar surface area (TPSA) is 24.9 Å². The maximum absolute atomic E-state index is 4.28. The number of nitrogens with zero attached hydrogens (tertiary/aromatic N) is 1. The van der Waals surface area contributed by atoms with Gasteiger partial charge in [0, 0.05) is 34.9 Å². The number of fused-ring (bicyclic) bond motifs is 3. The monoisotopic (exact) mass is 250 g/mol. The molecule has 1 atom stereocenters. The van der Waals surface area contributed by atoms with Gasteiger partial charge < -0.3 is 5.32 Å². The predicted octanol–water partition coefficient (Wildman–Crippen LogP) is 4.60. The standard InChI is InChI=1S/C17H18N2/c1-3-12(2)19-17-10-13-6-4-5-7-14(13)16-11-18-9-8-15(16)17/h4-12,19H,3H2,1-2H3/t12-/m1/s1. The minimum atomic E-state index is 0.470. The molecule has 0 unspecified atom stereocenters. The third-order valence-electron chi connectivity index (χ3n) is 3.68. The first-order valence-electron chi connectivity index (χ1n) is 6.81. The number of pyridine rings is 1. The van der Waals surface area contributed by atoms with Crippen LogP contribution in [-0.2, 0) is 0 Å². The van der Waals surface area contributed by atoms with Gasteiger partial charge in [-0.25, -0.2) is 0 Å². The number of benzene rings is 2. The molecule has 1 heterocycles. The fraction of sp³-hybridized carbons (Fsp3) is 0.235. The van der Waals surface area contributed by atoms with E-state index in [1.807, 2.05) is 12.4 Å². The highest BCUT2D eigenvalue weighted by atomic mass is 14.9. The molecule has 0 radical (unpaired) electrons. The number of anilines is 1. The van der Waals surface area contributed by atoms with Gasteiger partial charge in [0.2, 0.25) is 0 Å². The summed E-state index contributed by atoms with van der Waals surface area (Å²) in [6, 6.07) is 13.3. The molecular formula is C17H18N2. The second-order valence-electron chi connectivity index (χ2n) is 5.02. The molecule has 0 aliphatic rings. The van der Waals surface area contributed by atoms with E-state index in [0.29, 0.717) is 6.04 Å². The smallest absolute Gasteiger partial charge is 0.0429 e. The molecule has 0 spiro atoms. The molecule has 3 aromatic rings. The molecule has 0 bridgehead atoms. The highest BCUT2D eigenvalue weighted by molar-refractivity contribution is 6.12. The fourth-order valence-electron chi connectivity index (χ4n) is 2.43. The third kappa shape index (κ3) is 2.14. The second kappa shape index (κ2) is 4.88. The van der Waals surface area contributed by atoms with Crippen molar-refractivity contribution in [3.05, 3.63) is 48.8 Å². The van der Waals surface area contributed by atoms with E-state index in [9.17, 15) is 0 Å². The van der Waals surface area contributed by atoms with Crippen LogP contribution in [0.25, 0.3) is 21.5 Å². The van der Waals surface area contributed by atoms with Gasteiger partial charge in [-0.3, -0.25) is 4.98 Å². The summed E-state index contributed by atoms with van der Waals surface area (Å²) in [5, 5.41) is 8.58. The van der Waals surface area contributed by atoms with Gasteiger partial charge in [0.25, 0.3) is 0 Å². The van der Waals surface area contributed by atoms with Crippen LogP contribution in [0.1, 0.15) is 20.3 Å². The lowest BCUT2D eigenvalue weighted by Crippen LogP contribution is -2.13. The number of hydrogen-bond donors (Lipinski definition) is 1. The van der Waals surface area contributed by atoms with Crippen LogP contribution in [0.4, 0.5) is 5.69 Å². The van der Waals surface area contributed by atoms with E-state index in [1.165, 1.54) is 27.2 Å². The van der Waals surface area contributed by atoms with Crippen molar-refractivity contribution in [3.8, 4) is 0 Å². The van der Waals surface area contributed by atoms with E-state index in [2.05, 4.69) is 60.5 Å². The van der Waals surface area contributed by atoms with Gasteiger partial charge in [0.1, 0.15) is 0 Å². The summed E-state index contributed by atoms with van der Waals surface area (Å²) in [5.74, 6) is 0. The molecule has 0 aliphatic carbocycles. The van der Waals surface area contributed by atoms with Crippen LogP contribution in [0.3, 0.4) is 0 Å². The van der Waals surface area contributed by atoms with E-state index in [-0.39, 0.29) is 0 Å². The van der Waals surface area contributed by atoms with Gasteiger partial charge in [-0.15, -0.1) is 0 Å². The van der Waals surface area contributed by atoms with Crippen LogP contribution in [0.2, 0.25) is 0 Å². The van der Waals surface area contributed by atoms with Crippen LogP contribution in [-0.4, -0.2) is 11.0 Å². The SMILES string of the molecule is CC[C@@H](C)Nc1cc2ccccc2c2cnccc12. The number of hydrogen-bond acceptors (Lipinski definition) is 2. The van der Waals surface area contributed by atoms with Crippen molar-refractivity contribution in [2.24, 2.45) is 0 Å². The van der Waals surface area contributed by atoms with Gasteiger partial charge in [0.15, 0.2) is 0 Å². The van der Waals surface area contributed by atoms with E-state index in [4.69, 9.17) is 0 Å². The Morgan fingerprint density at radius 1 is 1.11 bits per heavy atom. The first kappa shape index (κ1) is 12.0. The first-order chi connectivity index (χ1) is 9.29. The van der Waals surface area contributed by atoms with Crippen LogP contribution >= 0.6 is 0 Å². The Morgan fingerprint density at radius 2 is 1.95 bits per heavy atom. The van der Waals surface area contributed by atoms with E-state index < -0.39 is 0 Å². The minimum Gasteiger partial charge on any atom is -0.382 e. The van der Waals surface area contributed by atoms with Gasteiger partial charge in [-0.05, 0) is 36.2 Å². The molecule has 1 N–H and O–H groups in total. The molecule has 2 nitrogen and oxygen atoms in total. The van der Waals surface area contributed by atoms with Gasteiger partial charge in [-0.1, -0.05) is 31.2 Å². The molecule has 19 heavy (non-hydrogen) atoms. The van der Waals surface area contributed by atoms with Gasteiger partial charge in [0.05, 0.1) is 0 Å². The van der Waals surface area contributed by atoms with Crippen molar-refractivity contribution in [1.29, 1.82) is 0 Å². The summed E-state index contributed by atoms with van der Waals surface area (Å²) in [6.45, 7) is 4.41. The average Bonchev–Trinajstić information content (AvgIpc) is 2.47. The predicted molar refractivity (Wildman–Crippen MR) is 82.6 cm³/mol. The molecule has 3 rings (SSSR count). The largest absolute Gasteiger partial charge is 0.382 e. The number of nitrogens with one attached hydrogen (secondary N) is 1. The fourth-order valence-corrected chi connectivity index (χ4v) is 2.43. The molecule has 2 heteroatoms. The Bertz CT molecular complexity index is 719. The van der Waals surface area contributed by atoms with Crippen molar-refractivity contribution < 1.29 is 0 Å². The van der Waals surface area contributed by atoms with Gasteiger partial charge in [-0.2, -0.15) is 0 Å². The molecule has 0 aliphatic heterocycles. The zero-order chi connectivity index (χ0) is 13.2. The summed E-state index contributed by atoms with van der Waals surface area (Å²) < 4.78 is 0. The molecule has 0 amide bonds. The molecule has 2 aromatic carbocycles. The van der Waals surface area contributed by atoms with E-state index in [1.54, 1.807) is 0 Å². The number of aromatic nitrogens is 1. The maximum Gasteiger partial charge on any atom is 0.0429 e. The average molecular weight is 250 g/mol. The lowest BCUT2D eigenvalue weighted by atomic mass is 10.0. The second-order valence-corrected chi connectivity index (χ2v) is 5.02. The summed E-state index contributed by atoms with van der Waals surface area (Å²) in [5.41, 5.74) is 1.20. The first-order valence-corrected chi connectivity index (χ1v) is 6.81.